The van der Waals surface area contributed by atoms with E-state index in [1.807, 2.05) is 24.3 Å². The second-order valence-electron chi connectivity index (χ2n) is 5.55. The summed E-state index contributed by atoms with van der Waals surface area (Å²) < 4.78 is 10.9. The Morgan fingerprint density at radius 2 is 1.85 bits per heavy atom. The molecule has 3 aromatic rings. The summed E-state index contributed by atoms with van der Waals surface area (Å²) in [5.41, 5.74) is 13.2. The largest absolute Gasteiger partial charge is 0.456 e. The number of hydrogen-bond acceptors (Lipinski definition) is 6. The van der Waals surface area contributed by atoms with Crippen LogP contribution in [0.4, 0.5) is 16.3 Å². The first-order chi connectivity index (χ1) is 12.6. The molecule has 1 amide bonds. The van der Waals surface area contributed by atoms with Gasteiger partial charge in [0.1, 0.15) is 17.3 Å². The first-order valence-corrected chi connectivity index (χ1v) is 8.19. The summed E-state index contributed by atoms with van der Waals surface area (Å²) in [6, 6.07) is 13.0. The fourth-order valence-corrected chi connectivity index (χ4v) is 2.61. The van der Waals surface area contributed by atoms with Crippen LogP contribution in [0.15, 0.2) is 48.7 Å². The standard InChI is InChI=1S/C19H20N4O3/c1-2-25-19(24)23-11-14-17(9-10-22-18(14)21)26-16-8-7-15(20)12-5-3-4-6-13(12)16/h3-10H,2,11,20H2,1H3,(H2,21,22)(H,23,24). The van der Waals surface area contributed by atoms with Gasteiger partial charge in [-0.3, -0.25) is 0 Å². The first kappa shape index (κ1) is 17.3. The maximum Gasteiger partial charge on any atom is 0.407 e. The monoisotopic (exact) mass is 352 g/mol. The van der Waals surface area contributed by atoms with Gasteiger partial charge in [-0.1, -0.05) is 24.3 Å². The third kappa shape index (κ3) is 3.61. The highest BCUT2D eigenvalue weighted by molar-refractivity contribution is 5.97. The van der Waals surface area contributed by atoms with Crippen molar-refractivity contribution in [2.24, 2.45) is 0 Å². The molecule has 0 aliphatic heterocycles. The number of rotatable bonds is 5. The van der Waals surface area contributed by atoms with E-state index in [9.17, 15) is 4.79 Å². The number of nitrogens with two attached hydrogens (primary N) is 2. The fourth-order valence-electron chi connectivity index (χ4n) is 2.61. The van der Waals surface area contributed by atoms with Gasteiger partial charge >= 0.3 is 6.09 Å². The number of aromatic nitrogens is 1. The van der Waals surface area contributed by atoms with Gasteiger partial charge in [0.15, 0.2) is 0 Å². The summed E-state index contributed by atoms with van der Waals surface area (Å²) in [5.74, 6) is 1.42. The van der Waals surface area contributed by atoms with Crippen molar-refractivity contribution < 1.29 is 14.3 Å². The van der Waals surface area contributed by atoms with Gasteiger partial charge in [0.2, 0.25) is 0 Å². The number of ether oxygens (including phenoxy) is 2. The summed E-state index contributed by atoms with van der Waals surface area (Å²) in [5, 5.41) is 4.41. The van der Waals surface area contributed by atoms with Gasteiger partial charge in [0, 0.05) is 22.7 Å². The van der Waals surface area contributed by atoms with Gasteiger partial charge in [-0.2, -0.15) is 0 Å². The van der Waals surface area contributed by atoms with E-state index >= 15 is 0 Å². The maximum atomic E-state index is 11.6. The van der Waals surface area contributed by atoms with E-state index in [0.717, 1.165) is 10.8 Å². The molecule has 2 aromatic carbocycles. The number of carbonyl (C=O) groups is 1. The number of nitrogen functional groups attached to an aromatic ring is 2. The van der Waals surface area contributed by atoms with Crippen molar-refractivity contribution in [3.63, 3.8) is 0 Å². The molecule has 7 nitrogen and oxygen atoms in total. The molecule has 3 rings (SSSR count). The van der Waals surface area contributed by atoms with Crippen LogP contribution in [-0.2, 0) is 11.3 Å². The minimum absolute atomic E-state index is 0.140. The Kier molecular flexibility index (Phi) is 5.07. The van der Waals surface area contributed by atoms with Gasteiger partial charge in [-0.05, 0) is 25.1 Å². The van der Waals surface area contributed by atoms with E-state index in [-0.39, 0.29) is 19.0 Å². The molecule has 26 heavy (non-hydrogen) atoms. The number of benzene rings is 2. The molecule has 0 unspecified atom stereocenters. The number of alkyl carbamates (subject to hydrolysis) is 1. The Morgan fingerprint density at radius 3 is 2.62 bits per heavy atom. The third-order valence-electron chi connectivity index (χ3n) is 3.87. The van der Waals surface area contributed by atoms with Crippen molar-refractivity contribution in [2.75, 3.05) is 18.1 Å². The average molecular weight is 352 g/mol. The predicted molar refractivity (Wildman–Crippen MR) is 101 cm³/mol. The average Bonchev–Trinajstić information content (AvgIpc) is 2.64. The molecule has 0 saturated heterocycles. The van der Waals surface area contributed by atoms with E-state index in [1.54, 1.807) is 31.3 Å². The fraction of sp³-hybridized carbons (Fsp3) is 0.158. The van der Waals surface area contributed by atoms with Gasteiger partial charge in [-0.15, -0.1) is 0 Å². The summed E-state index contributed by atoms with van der Waals surface area (Å²) in [6.07, 6.45) is 1.03. The number of amides is 1. The molecule has 0 aliphatic rings. The molecule has 0 bridgehead atoms. The summed E-state index contributed by atoms with van der Waals surface area (Å²) in [7, 11) is 0. The highest BCUT2D eigenvalue weighted by Gasteiger charge is 2.13. The van der Waals surface area contributed by atoms with Crippen LogP contribution in [-0.4, -0.2) is 17.7 Å². The number of nitrogens with one attached hydrogen (secondary N) is 1. The lowest BCUT2D eigenvalue weighted by Crippen LogP contribution is -2.24. The molecule has 1 heterocycles. The molecular formula is C19H20N4O3. The summed E-state index contributed by atoms with van der Waals surface area (Å²) in [6.45, 7) is 2.16. The van der Waals surface area contributed by atoms with Crippen molar-refractivity contribution in [1.29, 1.82) is 0 Å². The molecule has 5 N–H and O–H groups in total. The van der Waals surface area contributed by atoms with E-state index in [2.05, 4.69) is 10.3 Å². The molecule has 0 spiro atoms. The van der Waals surface area contributed by atoms with Crippen LogP contribution in [0.25, 0.3) is 10.8 Å². The highest BCUT2D eigenvalue weighted by Crippen LogP contribution is 2.35. The Bertz CT molecular complexity index is 943. The lowest BCUT2D eigenvalue weighted by molar-refractivity contribution is 0.151. The first-order valence-electron chi connectivity index (χ1n) is 8.19. The van der Waals surface area contributed by atoms with Gasteiger partial charge in [0.25, 0.3) is 0 Å². The molecule has 0 aliphatic carbocycles. The SMILES string of the molecule is CCOC(=O)NCc1c(Oc2ccc(N)c3ccccc23)ccnc1N. The summed E-state index contributed by atoms with van der Waals surface area (Å²) in [4.78, 5) is 15.6. The van der Waals surface area contributed by atoms with Crippen molar-refractivity contribution in [1.82, 2.24) is 10.3 Å². The van der Waals surface area contributed by atoms with Gasteiger partial charge < -0.3 is 26.3 Å². The highest BCUT2D eigenvalue weighted by atomic mass is 16.5. The Labute approximate surface area is 150 Å². The Hall–Kier alpha value is -3.48. The minimum atomic E-state index is -0.528. The van der Waals surface area contributed by atoms with Crippen LogP contribution >= 0.6 is 0 Å². The van der Waals surface area contributed by atoms with Crippen molar-refractivity contribution >= 4 is 28.4 Å². The van der Waals surface area contributed by atoms with E-state index in [4.69, 9.17) is 20.9 Å². The zero-order valence-corrected chi connectivity index (χ0v) is 14.4. The second-order valence-corrected chi connectivity index (χ2v) is 5.55. The number of pyridine rings is 1. The number of carbonyl (C=O) groups excluding carboxylic acids is 1. The number of nitrogens with zero attached hydrogens (tertiary/aromatic N) is 1. The number of anilines is 2. The van der Waals surface area contributed by atoms with Crippen LogP contribution in [0.5, 0.6) is 11.5 Å². The van der Waals surface area contributed by atoms with Crippen molar-refractivity contribution in [2.45, 2.75) is 13.5 Å². The predicted octanol–water partition coefficient (Wildman–Crippen LogP) is 3.44. The minimum Gasteiger partial charge on any atom is -0.456 e. The Morgan fingerprint density at radius 1 is 1.08 bits per heavy atom. The van der Waals surface area contributed by atoms with Crippen LogP contribution in [0.1, 0.15) is 12.5 Å². The Balaban J connectivity index is 1.92. The molecule has 0 radical (unpaired) electrons. The van der Waals surface area contributed by atoms with Gasteiger partial charge in [-0.25, -0.2) is 9.78 Å². The van der Waals surface area contributed by atoms with Crippen molar-refractivity contribution in [3.8, 4) is 11.5 Å². The smallest absolute Gasteiger partial charge is 0.407 e. The zero-order chi connectivity index (χ0) is 18.5. The van der Waals surface area contributed by atoms with Gasteiger partial charge in [0.05, 0.1) is 18.7 Å². The maximum absolute atomic E-state index is 11.6. The number of fused-ring (bicyclic) bond motifs is 1. The van der Waals surface area contributed by atoms with E-state index in [1.165, 1.54) is 0 Å². The van der Waals surface area contributed by atoms with Crippen LogP contribution < -0.4 is 21.5 Å². The summed E-state index contributed by atoms with van der Waals surface area (Å²) >= 11 is 0. The molecule has 0 saturated carbocycles. The molecule has 134 valence electrons. The van der Waals surface area contributed by atoms with Crippen LogP contribution in [0, 0.1) is 0 Å². The second kappa shape index (κ2) is 7.60. The lowest BCUT2D eigenvalue weighted by atomic mass is 10.1. The lowest BCUT2D eigenvalue weighted by Gasteiger charge is -2.15. The van der Waals surface area contributed by atoms with Crippen molar-refractivity contribution in [3.05, 3.63) is 54.2 Å². The quantitative estimate of drug-likeness (QED) is 0.606. The van der Waals surface area contributed by atoms with Crippen LogP contribution in [0.2, 0.25) is 0 Å². The number of hydrogen-bond donors (Lipinski definition) is 3. The van der Waals surface area contributed by atoms with Crippen LogP contribution in [0.3, 0.4) is 0 Å². The molecule has 0 fully saturated rings. The molecule has 1 aromatic heterocycles. The third-order valence-corrected chi connectivity index (χ3v) is 3.87. The normalized spacial score (nSPS) is 10.5. The molecule has 0 atom stereocenters. The topological polar surface area (TPSA) is 112 Å². The van der Waals surface area contributed by atoms with E-state index in [0.29, 0.717) is 22.7 Å². The van der Waals surface area contributed by atoms with E-state index < -0.39 is 6.09 Å². The zero-order valence-electron chi connectivity index (χ0n) is 14.4. The molecule has 7 heteroatoms. The molecular weight excluding hydrogens is 332 g/mol.